The van der Waals surface area contributed by atoms with Crippen molar-refractivity contribution in [1.82, 2.24) is 0 Å². The molecule has 0 aliphatic carbocycles. The number of rotatable bonds is 12. The molecule has 0 amide bonds. The molecule has 0 saturated carbocycles. The van der Waals surface area contributed by atoms with Crippen molar-refractivity contribution in [3.8, 4) is 0 Å². The summed E-state index contributed by atoms with van der Waals surface area (Å²) in [5.41, 5.74) is 0. The van der Waals surface area contributed by atoms with E-state index < -0.39 is 8.69 Å². The SMILES string of the molecule is CCCCCCCCCCCCO[PH+]=O.[Co+2]. The Labute approximate surface area is 112 Å². The standard InChI is InChI=1S/C12H26O2P.Co/c1-2-3-4-5-6-7-8-9-10-11-12-14-15-13;/h15H,2-12H2,1H3;/q+1;+2. The van der Waals surface area contributed by atoms with Crippen LogP contribution in [0.1, 0.15) is 71.1 Å². The fourth-order valence-corrected chi connectivity index (χ4v) is 1.93. The molecule has 0 bridgehead atoms. The smallest absolute Gasteiger partial charge is 0.148 e. The van der Waals surface area contributed by atoms with E-state index in [1.165, 1.54) is 57.8 Å². The minimum Gasteiger partial charge on any atom is -0.148 e. The molecule has 16 heavy (non-hydrogen) atoms. The Morgan fingerprint density at radius 3 is 1.69 bits per heavy atom. The predicted molar refractivity (Wildman–Crippen MR) is 66.8 cm³/mol. The molecular formula is C12H26CoO2P+3. The monoisotopic (exact) mass is 292 g/mol. The first-order chi connectivity index (χ1) is 7.41. The molecule has 97 valence electrons. The van der Waals surface area contributed by atoms with Crippen LogP contribution >= 0.6 is 8.69 Å². The van der Waals surface area contributed by atoms with Gasteiger partial charge in [-0.15, -0.1) is 4.52 Å². The van der Waals surface area contributed by atoms with Crippen LogP contribution in [0.3, 0.4) is 0 Å². The Balaban J connectivity index is 0. The van der Waals surface area contributed by atoms with E-state index in [2.05, 4.69) is 6.92 Å². The van der Waals surface area contributed by atoms with Crippen LogP contribution in [0.4, 0.5) is 0 Å². The third-order valence-corrected chi connectivity index (χ3v) is 2.98. The quantitative estimate of drug-likeness (QED) is 0.379. The zero-order valence-corrected chi connectivity index (χ0v) is 12.5. The molecule has 0 fully saturated rings. The summed E-state index contributed by atoms with van der Waals surface area (Å²) in [6, 6.07) is 0. The van der Waals surface area contributed by atoms with E-state index in [1.54, 1.807) is 0 Å². The second kappa shape index (κ2) is 17.9. The van der Waals surface area contributed by atoms with Gasteiger partial charge >= 0.3 is 25.5 Å². The van der Waals surface area contributed by atoms with Crippen LogP contribution in [0.5, 0.6) is 0 Å². The van der Waals surface area contributed by atoms with Crippen LogP contribution in [0.25, 0.3) is 0 Å². The van der Waals surface area contributed by atoms with Gasteiger partial charge in [0.15, 0.2) is 0 Å². The molecule has 0 rings (SSSR count). The topological polar surface area (TPSA) is 26.3 Å². The molecular weight excluding hydrogens is 266 g/mol. The predicted octanol–water partition coefficient (Wildman–Crippen LogP) is 4.86. The fraction of sp³-hybridized carbons (Fsp3) is 1.00. The summed E-state index contributed by atoms with van der Waals surface area (Å²) in [6.07, 6.45) is 13.3. The minimum absolute atomic E-state index is 0. The Hall–Kier alpha value is 0.566. The average molecular weight is 292 g/mol. The maximum atomic E-state index is 10.00. The first kappa shape index (κ1) is 18.9. The van der Waals surface area contributed by atoms with Crippen molar-refractivity contribution in [2.24, 2.45) is 0 Å². The van der Waals surface area contributed by atoms with Crippen LogP contribution in [0, 0.1) is 0 Å². The van der Waals surface area contributed by atoms with Crippen molar-refractivity contribution >= 4 is 8.69 Å². The van der Waals surface area contributed by atoms with Gasteiger partial charge in [-0.25, -0.2) is 0 Å². The number of hydrogen-bond acceptors (Lipinski definition) is 2. The number of hydrogen-bond donors (Lipinski definition) is 0. The number of unbranched alkanes of at least 4 members (excludes halogenated alkanes) is 9. The summed E-state index contributed by atoms with van der Waals surface area (Å²) in [5.74, 6) is 0. The van der Waals surface area contributed by atoms with Gasteiger partial charge in [-0.05, 0) is 11.0 Å². The maximum absolute atomic E-state index is 10.00. The van der Waals surface area contributed by atoms with Gasteiger partial charge in [0, 0.05) is 0 Å². The second-order valence-electron chi connectivity index (χ2n) is 4.11. The molecule has 0 aliphatic rings. The first-order valence-electron chi connectivity index (χ1n) is 6.40. The molecule has 0 aromatic heterocycles. The van der Waals surface area contributed by atoms with Gasteiger partial charge in [0.1, 0.15) is 6.61 Å². The summed E-state index contributed by atoms with van der Waals surface area (Å²) < 4.78 is 14.8. The molecule has 0 aromatic carbocycles. The van der Waals surface area contributed by atoms with Crippen molar-refractivity contribution in [2.75, 3.05) is 6.61 Å². The molecule has 0 N–H and O–H groups in total. The van der Waals surface area contributed by atoms with Crippen molar-refractivity contribution in [3.05, 3.63) is 0 Å². The molecule has 1 radical (unpaired) electrons. The van der Waals surface area contributed by atoms with Gasteiger partial charge in [0.2, 0.25) is 0 Å². The first-order valence-corrected chi connectivity index (χ1v) is 7.22. The van der Waals surface area contributed by atoms with E-state index in [0.717, 1.165) is 6.42 Å². The maximum Gasteiger partial charge on any atom is 2.00 e. The zero-order valence-electron chi connectivity index (χ0n) is 10.4. The Morgan fingerprint density at radius 2 is 1.25 bits per heavy atom. The van der Waals surface area contributed by atoms with Gasteiger partial charge in [0.25, 0.3) is 0 Å². The van der Waals surface area contributed by atoms with E-state index in [1.807, 2.05) is 0 Å². The third-order valence-electron chi connectivity index (χ3n) is 2.66. The van der Waals surface area contributed by atoms with Crippen LogP contribution in [0.2, 0.25) is 0 Å². The normalized spacial score (nSPS) is 10.3. The molecule has 2 nitrogen and oxygen atoms in total. The molecule has 0 heterocycles. The summed E-state index contributed by atoms with van der Waals surface area (Å²) >= 11 is 0. The van der Waals surface area contributed by atoms with Crippen LogP contribution in [-0.2, 0) is 25.9 Å². The van der Waals surface area contributed by atoms with Crippen LogP contribution < -0.4 is 0 Å². The van der Waals surface area contributed by atoms with E-state index in [4.69, 9.17) is 4.52 Å². The fourth-order valence-electron chi connectivity index (χ4n) is 1.70. The van der Waals surface area contributed by atoms with Crippen molar-refractivity contribution in [2.45, 2.75) is 71.1 Å². The molecule has 0 saturated heterocycles. The molecule has 1 unspecified atom stereocenters. The third kappa shape index (κ3) is 17.0. The molecule has 4 heteroatoms. The average Bonchev–Trinajstić information content (AvgIpc) is 2.26. The van der Waals surface area contributed by atoms with Gasteiger partial charge in [-0.2, -0.15) is 0 Å². The van der Waals surface area contributed by atoms with Crippen LogP contribution in [-0.4, -0.2) is 6.61 Å². The van der Waals surface area contributed by atoms with E-state index >= 15 is 0 Å². The van der Waals surface area contributed by atoms with Crippen molar-refractivity contribution in [1.29, 1.82) is 0 Å². The van der Waals surface area contributed by atoms with Gasteiger partial charge < -0.3 is 0 Å². The summed E-state index contributed by atoms with van der Waals surface area (Å²) in [5, 5.41) is 0. The molecule has 0 spiro atoms. The minimum atomic E-state index is -0.580. The van der Waals surface area contributed by atoms with E-state index in [0.29, 0.717) is 6.61 Å². The Morgan fingerprint density at radius 1 is 0.812 bits per heavy atom. The van der Waals surface area contributed by atoms with Gasteiger partial charge in [0.05, 0.1) is 0 Å². The molecule has 0 aromatic rings. The van der Waals surface area contributed by atoms with Gasteiger partial charge in [-0.1, -0.05) is 64.7 Å². The zero-order chi connectivity index (χ0) is 11.2. The Kier molecular flexibility index (Phi) is 21.2. The van der Waals surface area contributed by atoms with E-state index in [9.17, 15) is 4.57 Å². The van der Waals surface area contributed by atoms with Crippen molar-refractivity contribution in [3.63, 3.8) is 0 Å². The van der Waals surface area contributed by atoms with Crippen LogP contribution in [0.15, 0.2) is 0 Å². The summed E-state index contributed by atoms with van der Waals surface area (Å²) in [6.45, 7) is 2.92. The van der Waals surface area contributed by atoms with Crippen molar-refractivity contribution < 1.29 is 25.9 Å². The van der Waals surface area contributed by atoms with E-state index in [-0.39, 0.29) is 16.8 Å². The molecule has 1 atom stereocenters. The second-order valence-corrected chi connectivity index (χ2v) is 4.57. The van der Waals surface area contributed by atoms with Gasteiger partial charge in [-0.3, -0.25) is 0 Å². The summed E-state index contributed by atoms with van der Waals surface area (Å²) in [7, 11) is -0.580. The summed E-state index contributed by atoms with van der Waals surface area (Å²) in [4.78, 5) is 0. The largest absolute Gasteiger partial charge is 2.00 e. The Bertz CT molecular complexity index is 134. The molecule has 0 aliphatic heterocycles.